The fourth-order valence-corrected chi connectivity index (χ4v) is 2.81. The Morgan fingerprint density at radius 1 is 1.37 bits per heavy atom. The smallest absolute Gasteiger partial charge is 0.237 e. The van der Waals surface area contributed by atoms with Crippen LogP contribution in [0.1, 0.15) is 39.5 Å². The highest BCUT2D eigenvalue weighted by molar-refractivity contribution is 5.82. The molecule has 0 aromatic heterocycles. The normalized spacial score (nSPS) is 26.0. The molecule has 0 saturated carbocycles. The summed E-state index contributed by atoms with van der Waals surface area (Å²) in [5, 5.41) is 6.48. The first-order valence-electron chi connectivity index (χ1n) is 7.54. The first-order valence-corrected chi connectivity index (χ1v) is 7.54. The van der Waals surface area contributed by atoms with Crippen molar-refractivity contribution in [1.29, 1.82) is 0 Å². The quantitative estimate of drug-likeness (QED) is 0.753. The molecule has 1 unspecified atom stereocenters. The number of nitrogens with zero attached hydrogens (tertiary/aromatic N) is 1. The largest absolute Gasteiger partial charge is 0.355 e. The maximum atomic E-state index is 11.7. The molecule has 2 rings (SSSR count). The highest BCUT2D eigenvalue weighted by Gasteiger charge is 2.26. The summed E-state index contributed by atoms with van der Waals surface area (Å²) in [4.78, 5) is 14.2. The molecular weight excluding hydrogens is 238 g/mol. The first kappa shape index (κ1) is 14.5. The lowest BCUT2D eigenvalue weighted by atomic mass is 10.0. The van der Waals surface area contributed by atoms with Gasteiger partial charge in [-0.3, -0.25) is 9.69 Å². The third kappa shape index (κ3) is 4.62. The number of carbonyl (C=O) groups excluding carboxylic acids is 1. The summed E-state index contributed by atoms with van der Waals surface area (Å²) in [6, 6.07) is 0.555. The molecule has 1 atom stereocenters. The van der Waals surface area contributed by atoms with Crippen molar-refractivity contribution in [2.75, 3.05) is 26.2 Å². The van der Waals surface area contributed by atoms with E-state index in [1.165, 1.54) is 5.57 Å². The molecule has 0 aromatic carbocycles. The minimum absolute atomic E-state index is 0.0445. The second-order valence-electron chi connectivity index (χ2n) is 6.01. The Balaban J connectivity index is 1.71. The molecule has 0 bridgehead atoms. The van der Waals surface area contributed by atoms with E-state index in [0.717, 1.165) is 51.9 Å². The lowest BCUT2D eigenvalue weighted by molar-refractivity contribution is -0.124. The first-order chi connectivity index (χ1) is 9.15. The van der Waals surface area contributed by atoms with Crippen LogP contribution >= 0.6 is 0 Å². The van der Waals surface area contributed by atoms with Gasteiger partial charge in [-0.15, -0.1) is 0 Å². The maximum Gasteiger partial charge on any atom is 0.237 e. The third-order valence-corrected chi connectivity index (χ3v) is 4.07. The summed E-state index contributed by atoms with van der Waals surface area (Å²) >= 11 is 0. The van der Waals surface area contributed by atoms with Crippen molar-refractivity contribution in [3.8, 4) is 0 Å². The van der Waals surface area contributed by atoms with Crippen molar-refractivity contribution >= 4 is 5.91 Å². The van der Waals surface area contributed by atoms with Crippen molar-refractivity contribution < 1.29 is 4.79 Å². The monoisotopic (exact) mass is 265 g/mol. The number of hydrogen-bond acceptors (Lipinski definition) is 3. The second kappa shape index (κ2) is 7.06. The number of piperidine rings is 2. The van der Waals surface area contributed by atoms with Crippen LogP contribution < -0.4 is 10.6 Å². The van der Waals surface area contributed by atoms with Crippen LogP contribution in [0.5, 0.6) is 0 Å². The van der Waals surface area contributed by atoms with Gasteiger partial charge in [0.25, 0.3) is 0 Å². The van der Waals surface area contributed by atoms with Crippen LogP contribution in [0.25, 0.3) is 0 Å². The van der Waals surface area contributed by atoms with Crippen LogP contribution in [0.4, 0.5) is 0 Å². The number of amides is 1. The molecule has 19 heavy (non-hydrogen) atoms. The summed E-state index contributed by atoms with van der Waals surface area (Å²) in [7, 11) is 0. The average Bonchev–Trinajstić information content (AvgIpc) is 2.40. The number of likely N-dealkylation sites (tertiary alicyclic amines) is 1. The number of hydrogen-bond donors (Lipinski definition) is 2. The van der Waals surface area contributed by atoms with Crippen molar-refractivity contribution in [3.05, 3.63) is 11.6 Å². The van der Waals surface area contributed by atoms with Gasteiger partial charge in [0.1, 0.15) is 0 Å². The number of nitrogens with one attached hydrogen (secondary N) is 2. The molecule has 0 spiro atoms. The molecule has 2 N–H and O–H groups in total. The van der Waals surface area contributed by atoms with Crippen molar-refractivity contribution in [3.63, 3.8) is 0 Å². The lowest BCUT2D eigenvalue weighted by Crippen LogP contribution is -2.53. The van der Waals surface area contributed by atoms with Crippen LogP contribution in [0.2, 0.25) is 0 Å². The highest BCUT2D eigenvalue weighted by atomic mass is 16.2. The highest BCUT2D eigenvalue weighted by Crippen LogP contribution is 2.13. The fraction of sp³-hybridized carbons (Fsp3) is 0.800. The molecule has 2 saturated heterocycles. The lowest BCUT2D eigenvalue weighted by Gasteiger charge is -2.34. The Hall–Kier alpha value is -0.870. The van der Waals surface area contributed by atoms with Crippen LogP contribution in [-0.2, 0) is 4.79 Å². The summed E-state index contributed by atoms with van der Waals surface area (Å²) < 4.78 is 0. The molecule has 2 aliphatic rings. The van der Waals surface area contributed by atoms with E-state index in [1.54, 1.807) is 0 Å². The Labute approximate surface area is 116 Å². The van der Waals surface area contributed by atoms with Crippen LogP contribution in [0, 0.1) is 0 Å². The van der Waals surface area contributed by atoms with Crippen LogP contribution in [0.15, 0.2) is 11.6 Å². The summed E-state index contributed by atoms with van der Waals surface area (Å²) in [6.07, 6.45) is 6.69. The number of rotatable bonds is 4. The maximum absolute atomic E-state index is 11.7. The molecule has 0 radical (unpaired) electrons. The SMILES string of the molecule is CC(C)=CCN1CCC(NC2CCCNC2=O)CC1. The Bertz CT molecular complexity index is 328. The Morgan fingerprint density at radius 3 is 2.74 bits per heavy atom. The average molecular weight is 265 g/mol. The van der Waals surface area contributed by atoms with Gasteiger partial charge >= 0.3 is 0 Å². The predicted octanol–water partition coefficient (Wildman–Crippen LogP) is 1.29. The van der Waals surface area contributed by atoms with Gasteiger partial charge in [-0.1, -0.05) is 11.6 Å². The van der Waals surface area contributed by atoms with Gasteiger partial charge in [-0.25, -0.2) is 0 Å². The van der Waals surface area contributed by atoms with E-state index in [1.807, 2.05) is 0 Å². The molecule has 1 amide bonds. The molecule has 0 aromatic rings. The van der Waals surface area contributed by atoms with Gasteiger partial charge < -0.3 is 10.6 Å². The molecule has 4 nitrogen and oxygen atoms in total. The van der Waals surface area contributed by atoms with E-state index >= 15 is 0 Å². The van der Waals surface area contributed by atoms with Gasteiger partial charge in [0.05, 0.1) is 6.04 Å². The molecule has 108 valence electrons. The second-order valence-corrected chi connectivity index (χ2v) is 6.01. The minimum atomic E-state index is 0.0445. The fourth-order valence-electron chi connectivity index (χ4n) is 2.81. The van der Waals surface area contributed by atoms with E-state index in [9.17, 15) is 4.79 Å². The Morgan fingerprint density at radius 2 is 2.11 bits per heavy atom. The van der Waals surface area contributed by atoms with Gasteiger partial charge in [0.15, 0.2) is 0 Å². The summed E-state index contributed by atoms with van der Waals surface area (Å²) in [5.74, 6) is 0.193. The number of allylic oxidation sites excluding steroid dienone is 1. The molecule has 2 aliphatic heterocycles. The van der Waals surface area contributed by atoms with E-state index < -0.39 is 0 Å². The van der Waals surface area contributed by atoms with Crippen molar-refractivity contribution in [1.82, 2.24) is 15.5 Å². The van der Waals surface area contributed by atoms with Crippen LogP contribution in [-0.4, -0.2) is 49.1 Å². The minimum Gasteiger partial charge on any atom is -0.355 e. The van der Waals surface area contributed by atoms with E-state index in [0.29, 0.717) is 6.04 Å². The van der Waals surface area contributed by atoms with Crippen molar-refractivity contribution in [2.45, 2.75) is 51.6 Å². The van der Waals surface area contributed by atoms with E-state index in [2.05, 4.69) is 35.5 Å². The molecular formula is C15H27N3O. The standard InChI is InChI=1S/C15H27N3O/c1-12(2)5-9-18-10-6-13(7-11-18)17-14-4-3-8-16-15(14)19/h5,13-14,17H,3-4,6-11H2,1-2H3,(H,16,19). The summed E-state index contributed by atoms with van der Waals surface area (Å²) in [5.41, 5.74) is 1.39. The van der Waals surface area contributed by atoms with Gasteiger partial charge in [0.2, 0.25) is 5.91 Å². The molecule has 0 aliphatic carbocycles. The van der Waals surface area contributed by atoms with Gasteiger partial charge in [0, 0.05) is 19.1 Å². The topological polar surface area (TPSA) is 44.4 Å². The summed E-state index contributed by atoms with van der Waals surface area (Å²) in [6.45, 7) is 8.48. The van der Waals surface area contributed by atoms with Crippen molar-refractivity contribution in [2.24, 2.45) is 0 Å². The van der Waals surface area contributed by atoms with Gasteiger partial charge in [-0.2, -0.15) is 0 Å². The van der Waals surface area contributed by atoms with E-state index in [4.69, 9.17) is 0 Å². The zero-order valence-corrected chi connectivity index (χ0v) is 12.2. The zero-order valence-electron chi connectivity index (χ0n) is 12.2. The Kier molecular flexibility index (Phi) is 5.40. The molecule has 4 heteroatoms. The van der Waals surface area contributed by atoms with Gasteiger partial charge in [-0.05, 0) is 52.6 Å². The number of carbonyl (C=O) groups is 1. The predicted molar refractivity (Wildman–Crippen MR) is 78.1 cm³/mol. The zero-order chi connectivity index (χ0) is 13.7. The van der Waals surface area contributed by atoms with Crippen LogP contribution in [0.3, 0.4) is 0 Å². The van der Waals surface area contributed by atoms with E-state index in [-0.39, 0.29) is 11.9 Å². The molecule has 2 fully saturated rings. The molecule has 2 heterocycles. The third-order valence-electron chi connectivity index (χ3n) is 4.07.